The molecule has 5 fully saturated rings. The summed E-state index contributed by atoms with van der Waals surface area (Å²) in [5, 5.41) is 0. The van der Waals surface area contributed by atoms with Crippen LogP contribution in [0.5, 0.6) is 0 Å². The van der Waals surface area contributed by atoms with Gasteiger partial charge >= 0.3 is 13.4 Å². The zero-order valence-electron chi connectivity index (χ0n) is 23.3. The van der Waals surface area contributed by atoms with E-state index < -0.39 is 92.3 Å². The summed E-state index contributed by atoms with van der Waals surface area (Å²) < 4.78 is 73.2. The number of fused-ring (bicyclic) bond motifs is 2. The Morgan fingerprint density at radius 1 is 1.00 bits per heavy atom. The van der Waals surface area contributed by atoms with E-state index in [0.29, 0.717) is 0 Å². The maximum atomic E-state index is 18.3. The van der Waals surface area contributed by atoms with Gasteiger partial charge in [-0.3, -0.25) is 28.0 Å². The third kappa shape index (κ3) is 3.93. The summed E-state index contributed by atoms with van der Waals surface area (Å²) >= 11 is 10.6. The van der Waals surface area contributed by atoms with Gasteiger partial charge in [0.1, 0.15) is 24.1 Å². The number of alkyl halides is 2. The van der Waals surface area contributed by atoms with Gasteiger partial charge < -0.3 is 39.8 Å². The van der Waals surface area contributed by atoms with Gasteiger partial charge in [0.2, 0.25) is 5.95 Å². The second-order valence-corrected chi connectivity index (χ2v) is 17.4. The molecule has 47 heavy (non-hydrogen) atoms. The molecule has 9 rings (SSSR count). The predicted octanol–water partition coefficient (Wildman–Crippen LogP) is -0.0102. The predicted molar refractivity (Wildman–Crippen MR) is 160 cm³/mol. The topological polar surface area (TPSA) is 255 Å². The third-order valence-electron chi connectivity index (χ3n) is 9.53. The van der Waals surface area contributed by atoms with Crippen LogP contribution in [-0.2, 0) is 51.2 Å². The van der Waals surface area contributed by atoms with Crippen molar-refractivity contribution in [3.05, 3.63) is 29.3 Å². The van der Waals surface area contributed by atoms with E-state index in [4.69, 9.17) is 62.6 Å². The highest BCUT2D eigenvalue weighted by molar-refractivity contribution is 8.07. The van der Waals surface area contributed by atoms with E-state index in [1.54, 1.807) is 0 Å². The minimum atomic E-state index is -4.35. The number of aromatic amines is 1. The average Bonchev–Trinajstić information content (AvgIpc) is 3.43. The molecule has 4 saturated heterocycles. The summed E-state index contributed by atoms with van der Waals surface area (Å²) in [4.78, 5) is 57.7. The van der Waals surface area contributed by atoms with Crippen LogP contribution in [0.25, 0.3) is 22.3 Å². The number of hydrogen-bond donors (Lipinski definition) is 5. The van der Waals surface area contributed by atoms with Crippen LogP contribution in [0.15, 0.2) is 23.8 Å². The molecular weight excluding hydrogens is 712 g/mol. The number of H-pyrrole nitrogens is 1. The van der Waals surface area contributed by atoms with Crippen LogP contribution in [0.3, 0.4) is 0 Å². The summed E-state index contributed by atoms with van der Waals surface area (Å²) in [5.41, 5.74) is 4.15. The summed E-state index contributed by atoms with van der Waals surface area (Å²) in [7, 11) is 0. The van der Waals surface area contributed by atoms with E-state index in [1.165, 1.54) is 17.2 Å². The maximum Gasteiger partial charge on any atom is 0.325 e. The second-order valence-electron chi connectivity index (χ2n) is 11.8. The Kier molecular flexibility index (Phi) is 6.16. The van der Waals surface area contributed by atoms with Gasteiger partial charge in [0, 0.05) is 0 Å². The van der Waals surface area contributed by atoms with Crippen molar-refractivity contribution in [2.75, 3.05) is 24.7 Å². The molecule has 4 aromatic rings. The molecule has 25 heteroatoms. The van der Waals surface area contributed by atoms with Crippen molar-refractivity contribution < 1.29 is 46.1 Å². The third-order valence-corrected chi connectivity index (χ3v) is 12.6. The van der Waals surface area contributed by atoms with Gasteiger partial charge in [-0.15, -0.1) is 0 Å². The zero-order chi connectivity index (χ0) is 32.9. The van der Waals surface area contributed by atoms with Crippen molar-refractivity contribution in [1.82, 2.24) is 39.0 Å². The number of nitrogens with one attached hydrogen (secondary N) is 1. The first-order valence-corrected chi connectivity index (χ1v) is 19.0. The minimum Gasteiger partial charge on any atom is -0.382 e. The van der Waals surface area contributed by atoms with Crippen LogP contribution in [0.1, 0.15) is 18.9 Å². The molecule has 4 aliphatic heterocycles. The van der Waals surface area contributed by atoms with E-state index in [-0.39, 0.29) is 34.1 Å². The number of nitrogens with zero attached hydrogens (tertiary/aromatic N) is 7. The normalized spacial score (nSPS) is 44.3. The molecule has 19 nitrogen and oxygen atoms in total. The number of nitrogens with two attached hydrogens (primary N) is 2. The number of rotatable bonds is 2. The van der Waals surface area contributed by atoms with Gasteiger partial charge in [-0.25, -0.2) is 28.7 Å². The molecule has 2 bridgehead atoms. The summed E-state index contributed by atoms with van der Waals surface area (Å²) in [6.45, 7) is -10.0. The summed E-state index contributed by atoms with van der Waals surface area (Å²) in [6.07, 6.45) is -6.92. The molecule has 8 heterocycles. The van der Waals surface area contributed by atoms with Gasteiger partial charge in [0.15, 0.2) is 52.5 Å². The zero-order valence-corrected chi connectivity index (χ0v) is 26.7. The Balaban J connectivity index is 1.24. The van der Waals surface area contributed by atoms with Crippen molar-refractivity contribution in [2.45, 2.75) is 54.6 Å². The van der Waals surface area contributed by atoms with Gasteiger partial charge in [0.25, 0.3) is 5.56 Å². The molecule has 0 amide bonds. The van der Waals surface area contributed by atoms with Crippen LogP contribution in [0.4, 0.5) is 20.5 Å². The average molecular weight is 735 g/mol. The van der Waals surface area contributed by atoms with E-state index in [1.807, 2.05) is 0 Å². The Morgan fingerprint density at radius 2 is 1.70 bits per heavy atom. The fourth-order valence-electron chi connectivity index (χ4n) is 7.47. The molecule has 7 N–H and O–H groups in total. The van der Waals surface area contributed by atoms with Crippen LogP contribution < -0.4 is 17.0 Å². The SMILES string of the molecule is Nc1nc2c(ncn2[C@@H]2O[C@]34CO[P@@](O)(=S)O[C@H]5[C@H](n6cnc7c(N)ncnc76)O[C@H](COP(O)(=S)O[C@H]3[C@H]2F)[C@]52CC24F)c(=O)[nH]1. The molecule has 0 aromatic carbocycles. The van der Waals surface area contributed by atoms with Crippen LogP contribution in [-0.4, -0.2) is 97.8 Å². The molecule has 1 saturated carbocycles. The highest BCUT2D eigenvalue weighted by atomic mass is 32.5. The van der Waals surface area contributed by atoms with E-state index in [9.17, 15) is 14.6 Å². The van der Waals surface area contributed by atoms with E-state index in [2.05, 4.69) is 29.9 Å². The molecule has 0 radical (unpaired) electrons. The highest BCUT2D eigenvalue weighted by Gasteiger charge is 2.92. The molecule has 4 aromatic heterocycles. The van der Waals surface area contributed by atoms with Gasteiger partial charge in [0.05, 0.1) is 37.4 Å². The van der Waals surface area contributed by atoms with Crippen molar-refractivity contribution >= 4 is 71.1 Å². The fourth-order valence-corrected chi connectivity index (χ4v) is 10.3. The lowest BCUT2D eigenvalue weighted by Crippen LogP contribution is -2.60. The molecule has 250 valence electrons. The minimum absolute atomic E-state index is 0.0563. The standard InChI is InChI=1S/C22H22F2N10O9P2S2/c23-8-11-21(41-17(8)34-6-30-10-15(34)31-19(26)32-16(10)35)3-39-45(37,47)43-12-18(33-5-29-9-13(25)27-4-28-14(9)33)40-7(1-38-44(36,46)42-11)20(12)2-22(20,21)24/h4-8,11-12,17-18H,1-3H2,(H,36,46)(H,37,47)(H2,25,27,28)(H3,26,31,32,35)/t7-,8-,11+,12+,17-,18-,20-,21-,22?,44?,45-/m1/s1. The Bertz CT molecular complexity index is 2180. The highest BCUT2D eigenvalue weighted by Crippen LogP contribution is 2.80. The van der Waals surface area contributed by atoms with Crippen molar-refractivity contribution in [3.8, 4) is 0 Å². The number of halogens is 2. The molecular formula is C22H22F2N10O9P2S2. The lowest BCUT2D eigenvalue weighted by atomic mass is 9.79. The quantitative estimate of drug-likeness (QED) is 0.170. The van der Waals surface area contributed by atoms with Gasteiger partial charge in [-0.2, -0.15) is 4.98 Å². The molecule has 2 spiro atoms. The van der Waals surface area contributed by atoms with Crippen molar-refractivity contribution in [2.24, 2.45) is 5.41 Å². The lowest BCUT2D eigenvalue weighted by molar-refractivity contribution is -0.187. The number of aromatic nitrogens is 8. The number of anilines is 2. The molecule has 2 unspecified atom stereocenters. The van der Waals surface area contributed by atoms with Crippen molar-refractivity contribution in [1.29, 1.82) is 0 Å². The van der Waals surface area contributed by atoms with Crippen LogP contribution in [0.2, 0.25) is 0 Å². The first-order valence-electron chi connectivity index (χ1n) is 13.8. The van der Waals surface area contributed by atoms with Gasteiger partial charge in [-0.1, -0.05) is 0 Å². The number of imidazole rings is 2. The Hall–Kier alpha value is -2.66. The van der Waals surface area contributed by atoms with Crippen molar-refractivity contribution in [3.63, 3.8) is 0 Å². The van der Waals surface area contributed by atoms with Gasteiger partial charge in [-0.05, 0) is 30.0 Å². The second kappa shape index (κ2) is 9.52. The lowest BCUT2D eigenvalue weighted by Gasteiger charge is -2.43. The number of nitrogen functional groups attached to an aromatic ring is 2. The Labute approximate surface area is 270 Å². The Morgan fingerprint density at radius 3 is 2.49 bits per heavy atom. The van der Waals surface area contributed by atoms with Crippen LogP contribution >= 0.6 is 13.4 Å². The number of hydrogen-bond acceptors (Lipinski definition) is 16. The number of ether oxygens (including phenoxy) is 2. The monoisotopic (exact) mass is 734 g/mol. The first kappa shape index (κ1) is 30.4. The smallest absolute Gasteiger partial charge is 0.325 e. The van der Waals surface area contributed by atoms with E-state index >= 15 is 8.78 Å². The first-order chi connectivity index (χ1) is 22.2. The maximum absolute atomic E-state index is 18.3. The largest absolute Gasteiger partial charge is 0.382 e. The molecule has 5 aliphatic rings. The summed E-state index contributed by atoms with van der Waals surface area (Å²) in [5.74, 6) is -0.246. The fraction of sp³-hybridized carbons (Fsp3) is 0.545. The van der Waals surface area contributed by atoms with Crippen LogP contribution in [0, 0.1) is 5.41 Å². The molecule has 11 atom stereocenters. The summed E-state index contributed by atoms with van der Waals surface area (Å²) in [6, 6.07) is 0. The van der Waals surface area contributed by atoms with E-state index in [0.717, 1.165) is 10.9 Å². The molecule has 1 aliphatic carbocycles.